The Labute approximate surface area is 168 Å². The van der Waals surface area contributed by atoms with E-state index >= 15 is 0 Å². The zero-order chi connectivity index (χ0) is 20.3. The van der Waals surface area contributed by atoms with Crippen molar-refractivity contribution < 1.29 is 14.4 Å². The number of hydrogen-bond donors (Lipinski definition) is 2. The van der Waals surface area contributed by atoms with Crippen molar-refractivity contribution in [2.24, 2.45) is 34.5 Å². The zero-order valence-corrected chi connectivity index (χ0v) is 17.6. The standard InChI is InChI=1S/C23H34N2O3/c1-21(2,13-26)25-20(28)17-7-6-15-14-5-8-18-23(4,12-10-19(27)24-18)16(14)9-11-22(15,17)3/h10,12-18H,5-9,11H2,1-4H3,(H,24,27)(H,25,28)/t14-,15+,16+,17+,18-,22-,23+/m0/s1. The zero-order valence-electron chi connectivity index (χ0n) is 17.6. The third kappa shape index (κ3) is 2.84. The van der Waals surface area contributed by atoms with Crippen molar-refractivity contribution in [2.75, 3.05) is 0 Å². The van der Waals surface area contributed by atoms with E-state index in [4.69, 9.17) is 0 Å². The van der Waals surface area contributed by atoms with Gasteiger partial charge in [0.1, 0.15) is 6.29 Å². The normalized spacial score (nSPS) is 44.7. The lowest BCUT2D eigenvalue weighted by Gasteiger charge is -2.58. The van der Waals surface area contributed by atoms with Gasteiger partial charge in [0.05, 0.1) is 5.54 Å². The number of fused-ring (bicyclic) bond motifs is 5. The molecule has 5 nitrogen and oxygen atoms in total. The van der Waals surface area contributed by atoms with Crippen LogP contribution in [0.5, 0.6) is 0 Å². The topological polar surface area (TPSA) is 75.3 Å². The molecule has 0 unspecified atom stereocenters. The molecule has 3 saturated carbocycles. The molecular weight excluding hydrogens is 352 g/mol. The van der Waals surface area contributed by atoms with Gasteiger partial charge in [0, 0.05) is 17.4 Å². The van der Waals surface area contributed by atoms with Crippen molar-refractivity contribution in [3.8, 4) is 0 Å². The predicted molar refractivity (Wildman–Crippen MR) is 107 cm³/mol. The molecule has 5 heteroatoms. The van der Waals surface area contributed by atoms with E-state index in [2.05, 4.69) is 30.6 Å². The molecule has 28 heavy (non-hydrogen) atoms. The molecule has 0 radical (unpaired) electrons. The van der Waals surface area contributed by atoms with Crippen LogP contribution in [0.15, 0.2) is 12.2 Å². The van der Waals surface area contributed by atoms with Gasteiger partial charge in [-0.3, -0.25) is 9.59 Å². The first kappa shape index (κ1) is 19.7. The highest BCUT2D eigenvalue weighted by Gasteiger charge is 2.61. The van der Waals surface area contributed by atoms with Crippen molar-refractivity contribution in [1.82, 2.24) is 10.6 Å². The fourth-order valence-electron chi connectivity index (χ4n) is 7.20. The Morgan fingerprint density at radius 1 is 1.18 bits per heavy atom. The van der Waals surface area contributed by atoms with Crippen molar-refractivity contribution >= 4 is 18.1 Å². The first-order valence-corrected chi connectivity index (χ1v) is 10.9. The molecule has 4 aliphatic rings. The summed E-state index contributed by atoms with van der Waals surface area (Å²) in [7, 11) is 0. The molecule has 7 atom stereocenters. The van der Waals surface area contributed by atoms with Gasteiger partial charge in [-0.15, -0.1) is 0 Å². The summed E-state index contributed by atoms with van der Waals surface area (Å²) in [6, 6.07) is 0.240. The second-order valence-corrected chi connectivity index (χ2v) is 10.7. The highest BCUT2D eigenvalue weighted by molar-refractivity contribution is 5.89. The van der Waals surface area contributed by atoms with Crippen LogP contribution in [-0.2, 0) is 14.4 Å². The van der Waals surface area contributed by atoms with Crippen LogP contribution < -0.4 is 10.6 Å². The van der Waals surface area contributed by atoms with Crippen LogP contribution >= 0.6 is 0 Å². The number of carbonyl (C=O) groups excluding carboxylic acids is 3. The van der Waals surface area contributed by atoms with E-state index in [0.29, 0.717) is 17.8 Å². The molecule has 3 aliphatic carbocycles. The number of aldehydes is 1. The summed E-state index contributed by atoms with van der Waals surface area (Å²) in [6.45, 7) is 8.15. The van der Waals surface area contributed by atoms with Crippen molar-refractivity contribution in [3.05, 3.63) is 12.2 Å². The third-order valence-electron chi connectivity index (χ3n) is 8.74. The second-order valence-electron chi connectivity index (χ2n) is 10.7. The van der Waals surface area contributed by atoms with E-state index in [1.165, 1.54) is 0 Å². The quantitative estimate of drug-likeness (QED) is 0.732. The predicted octanol–water partition coefficient (Wildman–Crippen LogP) is 2.99. The first-order chi connectivity index (χ1) is 13.1. The maximum Gasteiger partial charge on any atom is 0.243 e. The molecule has 1 aliphatic heterocycles. The van der Waals surface area contributed by atoms with Crippen LogP contribution in [0.2, 0.25) is 0 Å². The molecular formula is C23H34N2O3. The molecule has 0 saturated heterocycles. The average molecular weight is 387 g/mol. The van der Waals surface area contributed by atoms with Gasteiger partial charge in [-0.2, -0.15) is 0 Å². The summed E-state index contributed by atoms with van der Waals surface area (Å²) in [5, 5.41) is 6.17. The Balaban J connectivity index is 1.57. The fourth-order valence-corrected chi connectivity index (χ4v) is 7.20. The van der Waals surface area contributed by atoms with Gasteiger partial charge in [0.25, 0.3) is 0 Å². The Bertz CT molecular complexity index is 729. The van der Waals surface area contributed by atoms with Crippen LogP contribution in [0, 0.1) is 34.5 Å². The minimum atomic E-state index is -0.806. The molecule has 3 fully saturated rings. The van der Waals surface area contributed by atoms with E-state index in [0.717, 1.165) is 44.8 Å². The Morgan fingerprint density at radius 3 is 2.64 bits per heavy atom. The van der Waals surface area contributed by atoms with Crippen LogP contribution in [-0.4, -0.2) is 29.7 Å². The van der Waals surface area contributed by atoms with E-state index in [1.54, 1.807) is 19.9 Å². The summed E-state index contributed by atoms with van der Waals surface area (Å²) in [4.78, 5) is 36.2. The molecule has 0 aromatic carbocycles. The lowest BCUT2D eigenvalue weighted by atomic mass is 9.48. The summed E-state index contributed by atoms with van der Waals surface area (Å²) < 4.78 is 0. The molecule has 2 N–H and O–H groups in total. The average Bonchev–Trinajstić information content (AvgIpc) is 2.99. The van der Waals surface area contributed by atoms with E-state index in [1.807, 2.05) is 0 Å². The van der Waals surface area contributed by atoms with Crippen LogP contribution in [0.3, 0.4) is 0 Å². The van der Waals surface area contributed by atoms with Crippen LogP contribution in [0.1, 0.15) is 66.2 Å². The summed E-state index contributed by atoms with van der Waals surface area (Å²) in [6.07, 6.45) is 11.0. The largest absolute Gasteiger partial charge is 0.349 e. The number of carbonyl (C=O) groups is 3. The van der Waals surface area contributed by atoms with Gasteiger partial charge in [0.15, 0.2) is 0 Å². The monoisotopic (exact) mass is 386 g/mol. The third-order valence-corrected chi connectivity index (χ3v) is 8.74. The molecule has 0 aromatic heterocycles. The minimum Gasteiger partial charge on any atom is -0.349 e. The maximum atomic E-state index is 13.0. The Kier molecular flexibility index (Phi) is 4.51. The molecule has 4 rings (SSSR count). The molecule has 2 amide bonds. The first-order valence-electron chi connectivity index (χ1n) is 10.9. The van der Waals surface area contributed by atoms with Gasteiger partial charge >= 0.3 is 0 Å². The number of rotatable bonds is 3. The summed E-state index contributed by atoms with van der Waals surface area (Å²) >= 11 is 0. The SMILES string of the molecule is CC(C)(C=O)NC(=O)[C@H]1CC[C@@H]2[C@@H]3CC[C@@H]4NC(=O)C=C[C@]4(C)[C@@H]3CC[C@]12C. The number of amides is 2. The number of nitrogens with one attached hydrogen (secondary N) is 2. The minimum absolute atomic E-state index is 0.00897. The lowest BCUT2D eigenvalue weighted by molar-refractivity contribution is -0.136. The molecule has 0 aromatic rings. The molecule has 1 heterocycles. The Hall–Kier alpha value is -1.65. The van der Waals surface area contributed by atoms with Crippen molar-refractivity contribution in [2.45, 2.75) is 77.8 Å². The smallest absolute Gasteiger partial charge is 0.243 e. The van der Waals surface area contributed by atoms with E-state index in [-0.39, 0.29) is 34.6 Å². The fraction of sp³-hybridized carbons (Fsp3) is 0.783. The van der Waals surface area contributed by atoms with Crippen LogP contribution in [0.25, 0.3) is 0 Å². The summed E-state index contributed by atoms with van der Waals surface area (Å²) in [5.41, 5.74) is -0.771. The van der Waals surface area contributed by atoms with Gasteiger partial charge in [-0.1, -0.05) is 19.9 Å². The van der Waals surface area contributed by atoms with Crippen molar-refractivity contribution in [1.29, 1.82) is 0 Å². The lowest BCUT2D eigenvalue weighted by Crippen LogP contribution is -2.60. The van der Waals surface area contributed by atoms with E-state index in [9.17, 15) is 14.4 Å². The highest BCUT2D eigenvalue weighted by Crippen LogP contribution is 2.65. The molecule has 154 valence electrons. The maximum absolute atomic E-state index is 13.0. The Morgan fingerprint density at radius 2 is 1.93 bits per heavy atom. The highest BCUT2D eigenvalue weighted by atomic mass is 16.2. The molecule has 0 bridgehead atoms. The van der Waals surface area contributed by atoms with Gasteiger partial charge in [-0.05, 0) is 81.6 Å². The second kappa shape index (κ2) is 6.43. The van der Waals surface area contributed by atoms with Crippen molar-refractivity contribution in [3.63, 3.8) is 0 Å². The number of hydrogen-bond acceptors (Lipinski definition) is 3. The van der Waals surface area contributed by atoms with Gasteiger partial charge in [-0.25, -0.2) is 0 Å². The van der Waals surface area contributed by atoms with E-state index < -0.39 is 5.54 Å². The van der Waals surface area contributed by atoms with Crippen LogP contribution in [0.4, 0.5) is 0 Å². The molecule has 0 spiro atoms. The van der Waals surface area contributed by atoms with Gasteiger partial charge < -0.3 is 15.4 Å². The summed E-state index contributed by atoms with van der Waals surface area (Å²) in [5.74, 6) is 1.79. The van der Waals surface area contributed by atoms with Gasteiger partial charge in [0.2, 0.25) is 11.8 Å².